The highest BCUT2D eigenvalue weighted by Crippen LogP contribution is 2.27. The molecule has 7 nitrogen and oxygen atoms in total. The summed E-state index contributed by atoms with van der Waals surface area (Å²) in [6.45, 7) is 10.6. The number of anilines is 1. The Hall–Kier alpha value is -3.36. The van der Waals surface area contributed by atoms with Gasteiger partial charge in [-0.15, -0.1) is 0 Å². The van der Waals surface area contributed by atoms with Crippen LogP contribution in [0.25, 0.3) is 0 Å². The van der Waals surface area contributed by atoms with Crippen LogP contribution < -0.4 is 9.62 Å². The minimum absolute atomic E-state index is 0.0460. The van der Waals surface area contributed by atoms with Crippen molar-refractivity contribution in [1.82, 2.24) is 10.2 Å². The van der Waals surface area contributed by atoms with E-state index in [1.165, 1.54) is 23.1 Å². The molecule has 0 aliphatic rings. The predicted molar refractivity (Wildman–Crippen MR) is 156 cm³/mol. The van der Waals surface area contributed by atoms with Gasteiger partial charge in [0, 0.05) is 17.1 Å². The van der Waals surface area contributed by atoms with Crippen molar-refractivity contribution in [3.05, 3.63) is 94.5 Å². The topological polar surface area (TPSA) is 86.8 Å². The first-order valence-corrected chi connectivity index (χ1v) is 14.5. The van der Waals surface area contributed by atoms with E-state index in [4.69, 9.17) is 11.6 Å². The highest BCUT2D eigenvalue weighted by atomic mass is 35.5. The number of aryl methyl sites for hydroxylation is 2. The Morgan fingerprint density at radius 2 is 1.56 bits per heavy atom. The van der Waals surface area contributed by atoms with Gasteiger partial charge in [0.05, 0.1) is 10.6 Å². The molecule has 0 heterocycles. The fourth-order valence-electron chi connectivity index (χ4n) is 4.06. The van der Waals surface area contributed by atoms with Crippen LogP contribution in [0, 0.1) is 13.8 Å². The summed E-state index contributed by atoms with van der Waals surface area (Å²) in [5, 5.41) is 3.26. The SMILES string of the molecule is Cc1ccc(S(=O)(=O)N(CC(=O)N(Cc2cccc(C)c2)C(C)C(=O)NC(C)(C)C)c2cccc(Cl)c2)cc1. The molecule has 0 aliphatic heterocycles. The smallest absolute Gasteiger partial charge is 0.264 e. The van der Waals surface area contributed by atoms with E-state index in [1.807, 2.05) is 58.9 Å². The molecule has 0 spiro atoms. The summed E-state index contributed by atoms with van der Waals surface area (Å²) in [4.78, 5) is 28.6. The normalized spacial score (nSPS) is 12.5. The molecule has 2 amide bonds. The summed E-state index contributed by atoms with van der Waals surface area (Å²) in [7, 11) is -4.14. The molecule has 0 bridgehead atoms. The predicted octanol–water partition coefficient (Wildman–Crippen LogP) is 5.48. The van der Waals surface area contributed by atoms with Gasteiger partial charge < -0.3 is 10.2 Å². The maximum absolute atomic E-state index is 14.0. The van der Waals surface area contributed by atoms with Crippen LogP contribution in [-0.2, 0) is 26.2 Å². The third-order valence-electron chi connectivity index (χ3n) is 6.08. The number of carbonyl (C=O) groups is 2. The molecule has 1 unspecified atom stereocenters. The second-order valence-corrected chi connectivity index (χ2v) is 13.0. The molecule has 3 rings (SSSR count). The molecule has 0 aliphatic carbocycles. The van der Waals surface area contributed by atoms with Crippen LogP contribution >= 0.6 is 11.6 Å². The number of hydrogen-bond donors (Lipinski definition) is 1. The Balaban J connectivity index is 2.04. The minimum atomic E-state index is -4.14. The molecular weight excluding hydrogens is 534 g/mol. The average molecular weight is 570 g/mol. The van der Waals surface area contributed by atoms with Crippen LogP contribution in [0.4, 0.5) is 5.69 Å². The Kier molecular flexibility index (Phi) is 9.46. The van der Waals surface area contributed by atoms with Gasteiger partial charge in [0.2, 0.25) is 11.8 Å². The molecule has 3 aromatic carbocycles. The van der Waals surface area contributed by atoms with E-state index in [2.05, 4.69) is 5.32 Å². The zero-order valence-corrected chi connectivity index (χ0v) is 24.8. The van der Waals surface area contributed by atoms with Gasteiger partial charge >= 0.3 is 0 Å². The first kappa shape index (κ1) is 30.2. The van der Waals surface area contributed by atoms with Crippen molar-refractivity contribution in [3.8, 4) is 0 Å². The van der Waals surface area contributed by atoms with Gasteiger partial charge in [0.1, 0.15) is 12.6 Å². The van der Waals surface area contributed by atoms with Crippen LogP contribution in [0.3, 0.4) is 0 Å². The quantitative estimate of drug-likeness (QED) is 0.369. The zero-order chi connectivity index (χ0) is 29.0. The van der Waals surface area contributed by atoms with E-state index >= 15 is 0 Å². The molecule has 1 atom stereocenters. The lowest BCUT2D eigenvalue weighted by Crippen LogP contribution is -2.54. The second kappa shape index (κ2) is 12.2. The Bertz CT molecular complexity index is 1430. The maximum atomic E-state index is 14.0. The molecule has 9 heteroatoms. The van der Waals surface area contributed by atoms with E-state index in [9.17, 15) is 18.0 Å². The number of nitrogens with zero attached hydrogens (tertiary/aromatic N) is 2. The molecule has 0 radical (unpaired) electrons. The third-order valence-corrected chi connectivity index (χ3v) is 8.11. The minimum Gasteiger partial charge on any atom is -0.350 e. The number of carbonyl (C=O) groups excluding carboxylic acids is 2. The van der Waals surface area contributed by atoms with Gasteiger partial charge in [-0.2, -0.15) is 0 Å². The van der Waals surface area contributed by atoms with Gasteiger partial charge in [0.15, 0.2) is 0 Å². The van der Waals surface area contributed by atoms with Crippen LogP contribution in [-0.4, -0.2) is 43.3 Å². The lowest BCUT2D eigenvalue weighted by atomic mass is 10.1. The average Bonchev–Trinajstić information content (AvgIpc) is 2.84. The van der Waals surface area contributed by atoms with Gasteiger partial charge in [-0.25, -0.2) is 8.42 Å². The molecule has 0 saturated carbocycles. The monoisotopic (exact) mass is 569 g/mol. The molecular formula is C30H36ClN3O4S. The number of halogens is 1. The Morgan fingerprint density at radius 3 is 2.15 bits per heavy atom. The van der Waals surface area contributed by atoms with E-state index in [1.54, 1.807) is 37.3 Å². The van der Waals surface area contributed by atoms with Crippen molar-refractivity contribution in [2.24, 2.45) is 0 Å². The van der Waals surface area contributed by atoms with Gasteiger partial charge in [0.25, 0.3) is 10.0 Å². The summed E-state index contributed by atoms with van der Waals surface area (Å²) in [6, 6.07) is 19.6. The Morgan fingerprint density at radius 1 is 0.923 bits per heavy atom. The summed E-state index contributed by atoms with van der Waals surface area (Å²) in [5.41, 5.74) is 2.48. The summed E-state index contributed by atoms with van der Waals surface area (Å²) in [5.74, 6) is -0.858. The highest BCUT2D eigenvalue weighted by Gasteiger charge is 2.33. The highest BCUT2D eigenvalue weighted by molar-refractivity contribution is 7.92. The van der Waals surface area contributed by atoms with Crippen molar-refractivity contribution < 1.29 is 18.0 Å². The molecule has 0 aromatic heterocycles. The van der Waals surface area contributed by atoms with Gasteiger partial charge in [-0.1, -0.05) is 65.2 Å². The van der Waals surface area contributed by atoms with E-state index < -0.39 is 34.1 Å². The number of amides is 2. The number of benzene rings is 3. The molecule has 1 N–H and O–H groups in total. The standard InChI is InChI=1S/C30H36ClN3O4S/c1-21-13-15-27(16-14-21)39(37,38)34(26-12-8-11-25(31)18-26)20-28(35)33(19-24-10-7-9-22(2)17-24)23(3)29(36)32-30(4,5)6/h7-18,23H,19-20H2,1-6H3,(H,32,36). The summed E-state index contributed by atoms with van der Waals surface area (Å²) in [6.07, 6.45) is 0. The van der Waals surface area contributed by atoms with Crippen LogP contribution in [0.5, 0.6) is 0 Å². The number of rotatable bonds is 9. The molecule has 0 saturated heterocycles. The van der Waals surface area contributed by atoms with Crippen molar-refractivity contribution in [3.63, 3.8) is 0 Å². The number of nitrogens with one attached hydrogen (secondary N) is 1. The van der Waals surface area contributed by atoms with Gasteiger partial charge in [-0.05, 0) is 77.4 Å². The second-order valence-electron chi connectivity index (χ2n) is 10.7. The van der Waals surface area contributed by atoms with Crippen LogP contribution in [0.1, 0.15) is 44.4 Å². The number of sulfonamides is 1. The van der Waals surface area contributed by atoms with E-state index in [-0.39, 0.29) is 23.0 Å². The molecule has 0 fully saturated rings. The van der Waals surface area contributed by atoms with Crippen LogP contribution in [0.15, 0.2) is 77.7 Å². The largest absolute Gasteiger partial charge is 0.350 e. The number of hydrogen-bond acceptors (Lipinski definition) is 4. The van der Waals surface area contributed by atoms with E-state index in [0.29, 0.717) is 5.02 Å². The van der Waals surface area contributed by atoms with Crippen molar-refractivity contribution in [2.75, 3.05) is 10.8 Å². The van der Waals surface area contributed by atoms with Crippen molar-refractivity contribution in [1.29, 1.82) is 0 Å². The van der Waals surface area contributed by atoms with Crippen molar-refractivity contribution >= 4 is 39.1 Å². The third kappa shape index (κ3) is 8.07. The van der Waals surface area contributed by atoms with E-state index in [0.717, 1.165) is 21.0 Å². The first-order valence-electron chi connectivity index (χ1n) is 12.7. The van der Waals surface area contributed by atoms with Gasteiger partial charge in [-0.3, -0.25) is 13.9 Å². The molecule has 208 valence electrons. The molecule has 39 heavy (non-hydrogen) atoms. The maximum Gasteiger partial charge on any atom is 0.264 e. The summed E-state index contributed by atoms with van der Waals surface area (Å²) >= 11 is 6.21. The molecule has 3 aromatic rings. The van der Waals surface area contributed by atoms with Crippen molar-refractivity contribution in [2.45, 2.75) is 64.6 Å². The zero-order valence-electron chi connectivity index (χ0n) is 23.2. The lowest BCUT2D eigenvalue weighted by molar-refractivity contribution is -0.140. The lowest BCUT2D eigenvalue weighted by Gasteiger charge is -2.33. The summed E-state index contributed by atoms with van der Waals surface area (Å²) < 4.78 is 28.7. The fourth-order valence-corrected chi connectivity index (χ4v) is 5.65. The first-order chi connectivity index (χ1) is 18.2. The van der Waals surface area contributed by atoms with Crippen LogP contribution in [0.2, 0.25) is 5.02 Å². The fraction of sp³-hybridized carbons (Fsp3) is 0.333. The Labute approximate surface area is 236 Å².